The fraction of sp³-hybridized carbons (Fsp3) is 0.389. The number of benzene rings is 1. The van der Waals surface area contributed by atoms with Crippen molar-refractivity contribution in [3.63, 3.8) is 0 Å². The average molecular weight is 412 g/mol. The maximum atomic E-state index is 13.7. The van der Waals surface area contributed by atoms with E-state index in [0.29, 0.717) is 11.9 Å². The van der Waals surface area contributed by atoms with Crippen molar-refractivity contribution < 1.29 is 33.4 Å². The molecular weight excluding hydrogens is 391 g/mol. The van der Waals surface area contributed by atoms with Gasteiger partial charge in [0.2, 0.25) is 0 Å². The molecule has 8 nitrogen and oxygen atoms in total. The summed E-state index contributed by atoms with van der Waals surface area (Å²) in [6.07, 6.45) is -0.989. The lowest BCUT2D eigenvalue weighted by molar-refractivity contribution is -0.130. The van der Waals surface area contributed by atoms with Gasteiger partial charge in [0.05, 0.1) is 12.0 Å². The number of amides is 3. The second kappa shape index (κ2) is 8.51. The number of hydrogen-bond donors (Lipinski definition) is 2. The Morgan fingerprint density at radius 2 is 2.00 bits per heavy atom. The Labute approximate surface area is 165 Å². The molecule has 1 aromatic carbocycles. The number of hydrogen-bond acceptors (Lipinski definition) is 7. The molecule has 0 bridgehead atoms. The van der Waals surface area contributed by atoms with Crippen LogP contribution in [-0.2, 0) is 14.3 Å². The van der Waals surface area contributed by atoms with Gasteiger partial charge in [0.15, 0.2) is 11.6 Å². The van der Waals surface area contributed by atoms with E-state index in [2.05, 4.69) is 4.72 Å². The molecule has 2 N–H and O–H groups in total. The Kier molecular flexibility index (Phi) is 6.55. The van der Waals surface area contributed by atoms with Crippen LogP contribution in [0.2, 0.25) is 0 Å². The van der Waals surface area contributed by atoms with Crippen LogP contribution in [0.15, 0.2) is 34.4 Å². The van der Waals surface area contributed by atoms with Crippen molar-refractivity contribution in [2.24, 2.45) is 0 Å². The Morgan fingerprint density at radius 3 is 2.61 bits per heavy atom. The minimum Gasteiger partial charge on any atom is -0.511 e. The number of carbonyl (C=O) groups excluding carboxylic acids is 3. The molecule has 10 heteroatoms. The molecule has 1 aromatic rings. The van der Waals surface area contributed by atoms with Gasteiger partial charge in [-0.1, -0.05) is 6.07 Å². The van der Waals surface area contributed by atoms with Gasteiger partial charge < -0.3 is 14.6 Å². The molecule has 0 saturated heterocycles. The number of methoxy groups -OCH3 is 1. The van der Waals surface area contributed by atoms with Gasteiger partial charge in [0.25, 0.3) is 11.8 Å². The molecule has 0 saturated carbocycles. The fourth-order valence-corrected chi connectivity index (χ4v) is 3.07. The molecule has 1 aliphatic heterocycles. The van der Waals surface area contributed by atoms with E-state index in [-0.39, 0.29) is 23.6 Å². The van der Waals surface area contributed by atoms with Crippen LogP contribution in [0, 0.1) is 5.82 Å². The van der Waals surface area contributed by atoms with Crippen LogP contribution < -0.4 is 9.46 Å². The van der Waals surface area contributed by atoms with Crippen LogP contribution >= 0.6 is 11.9 Å². The van der Waals surface area contributed by atoms with E-state index >= 15 is 0 Å². The monoisotopic (exact) mass is 412 g/mol. The summed E-state index contributed by atoms with van der Waals surface area (Å²) in [6.45, 7) is 4.82. The van der Waals surface area contributed by atoms with Crippen LogP contribution in [0.4, 0.5) is 9.18 Å². The van der Waals surface area contributed by atoms with Crippen molar-refractivity contribution in [3.8, 4) is 5.75 Å². The molecule has 0 unspecified atom stereocenters. The summed E-state index contributed by atoms with van der Waals surface area (Å²) in [5.41, 5.74) is -1.40. The highest BCUT2D eigenvalue weighted by molar-refractivity contribution is 7.98. The van der Waals surface area contributed by atoms with Gasteiger partial charge in [-0.25, -0.2) is 14.1 Å². The van der Waals surface area contributed by atoms with Gasteiger partial charge >= 0.3 is 6.09 Å². The molecule has 28 heavy (non-hydrogen) atoms. The summed E-state index contributed by atoms with van der Waals surface area (Å²) in [5.74, 6) is -3.02. The van der Waals surface area contributed by atoms with Crippen LogP contribution in [0.3, 0.4) is 0 Å². The van der Waals surface area contributed by atoms with E-state index in [0.717, 1.165) is 4.90 Å². The predicted octanol–water partition coefficient (Wildman–Crippen LogP) is 2.94. The molecule has 152 valence electrons. The van der Waals surface area contributed by atoms with E-state index in [1.807, 2.05) is 0 Å². The zero-order valence-corrected chi connectivity index (χ0v) is 16.7. The van der Waals surface area contributed by atoms with E-state index in [9.17, 15) is 23.9 Å². The Hall–Kier alpha value is -2.75. The molecule has 0 radical (unpaired) electrons. The lowest BCUT2D eigenvalue weighted by Crippen LogP contribution is -2.46. The molecule has 0 fully saturated rings. The lowest BCUT2D eigenvalue weighted by Gasteiger charge is -2.29. The SMILES string of the molecule is COc1c(F)cccc1SNC(=O)C1=C(O)CCN(C(=O)OC(C)(C)C)C1=O. The summed E-state index contributed by atoms with van der Waals surface area (Å²) < 4.78 is 26.2. The Morgan fingerprint density at radius 1 is 1.32 bits per heavy atom. The third-order valence-electron chi connectivity index (χ3n) is 3.55. The first kappa shape index (κ1) is 21.5. The summed E-state index contributed by atoms with van der Waals surface area (Å²) in [7, 11) is 1.28. The van der Waals surface area contributed by atoms with Crippen LogP contribution in [0.5, 0.6) is 5.75 Å². The van der Waals surface area contributed by atoms with Crippen molar-refractivity contribution in [1.29, 1.82) is 0 Å². The average Bonchev–Trinajstić information content (AvgIpc) is 2.58. The van der Waals surface area contributed by atoms with Crippen LogP contribution in [-0.4, -0.2) is 47.2 Å². The second-order valence-electron chi connectivity index (χ2n) is 6.81. The standard InChI is InChI=1S/C18H21FN2O6S/c1-18(2,3)27-17(25)21-9-8-11(22)13(16(21)24)15(23)20-28-12-7-5-6-10(19)14(12)26-4/h5-7,22H,8-9H2,1-4H3,(H,20,23). The highest BCUT2D eigenvalue weighted by Crippen LogP contribution is 2.30. The lowest BCUT2D eigenvalue weighted by atomic mass is 10.1. The largest absolute Gasteiger partial charge is 0.511 e. The zero-order valence-electron chi connectivity index (χ0n) is 15.9. The minimum absolute atomic E-state index is 0.0728. The van der Waals surface area contributed by atoms with E-state index in [4.69, 9.17) is 9.47 Å². The van der Waals surface area contributed by atoms with Crippen molar-refractivity contribution in [1.82, 2.24) is 9.62 Å². The first-order valence-electron chi connectivity index (χ1n) is 8.31. The molecule has 0 aromatic heterocycles. The van der Waals surface area contributed by atoms with E-state index in [1.165, 1.54) is 25.3 Å². The number of aliphatic hydroxyl groups excluding tert-OH is 1. The maximum Gasteiger partial charge on any atom is 0.417 e. The van der Waals surface area contributed by atoms with Gasteiger partial charge in [-0.2, -0.15) is 0 Å². The number of para-hydroxylation sites is 1. The third-order valence-corrected chi connectivity index (χ3v) is 4.38. The molecule has 0 atom stereocenters. The van der Waals surface area contributed by atoms with Gasteiger partial charge in [0.1, 0.15) is 16.9 Å². The molecule has 2 rings (SSSR count). The van der Waals surface area contributed by atoms with Crippen molar-refractivity contribution in [2.45, 2.75) is 37.7 Å². The fourth-order valence-electron chi connectivity index (χ4n) is 2.34. The summed E-state index contributed by atoms with van der Waals surface area (Å²) in [6, 6.07) is 4.14. The number of halogens is 1. The number of nitrogens with one attached hydrogen (secondary N) is 1. The molecular formula is C18H21FN2O6S. The normalized spacial score (nSPS) is 14.8. The van der Waals surface area contributed by atoms with Gasteiger partial charge in [0, 0.05) is 13.0 Å². The van der Waals surface area contributed by atoms with Crippen molar-refractivity contribution in [2.75, 3.05) is 13.7 Å². The summed E-state index contributed by atoms with van der Waals surface area (Å²) in [4.78, 5) is 38.2. The molecule has 1 aliphatic rings. The number of carbonyl (C=O) groups is 3. The smallest absolute Gasteiger partial charge is 0.417 e. The Bertz CT molecular complexity index is 834. The molecule has 0 aliphatic carbocycles. The molecule has 0 spiro atoms. The molecule has 3 amide bonds. The van der Waals surface area contributed by atoms with E-state index < -0.39 is 40.7 Å². The highest BCUT2D eigenvalue weighted by atomic mass is 32.2. The third kappa shape index (κ3) is 4.94. The van der Waals surface area contributed by atoms with Gasteiger partial charge in [-0.05, 0) is 44.9 Å². The quantitative estimate of drug-likeness (QED) is 0.579. The van der Waals surface area contributed by atoms with Gasteiger partial charge in [-0.3, -0.25) is 14.3 Å². The summed E-state index contributed by atoms with van der Waals surface area (Å²) >= 11 is 0.715. The topological polar surface area (TPSA) is 105 Å². The number of nitrogens with zero attached hydrogens (tertiary/aromatic N) is 1. The van der Waals surface area contributed by atoms with Crippen molar-refractivity contribution in [3.05, 3.63) is 35.3 Å². The second-order valence-corrected chi connectivity index (χ2v) is 7.66. The first-order chi connectivity index (χ1) is 13.0. The number of aliphatic hydroxyl groups is 1. The molecule has 1 heterocycles. The maximum absolute atomic E-state index is 13.7. The zero-order chi connectivity index (χ0) is 21.1. The number of ether oxygens (including phenoxy) is 2. The summed E-state index contributed by atoms with van der Waals surface area (Å²) in [5, 5.41) is 10.0. The number of imide groups is 1. The van der Waals surface area contributed by atoms with Crippen LogP contribution in [0.25, 0.3) is 0 Å². The van der Waals surface area contributed by atoms with Crippen molar-refractivity contribution >= 4 is 29.9 Å². The number of rotatable bonds is 4. The Balaban J connectivity index is 2.14. The van der Waals surface area contributed by atoms with Gasteiger partial charge in [-0.15, -0.1) is 0 Å². The van der Waals surface area contributed by atoms with E-state index in [1.54, 1.807) is 20.8 Å². The minimum atomic E-state index is -0.970. The van der Waals surface area contributed by atoms with Crippen LogP contribution in [0.1, 0.15) is 27.2 Å². The first-order valence-corrected chi connectivity index (χ1v) is 9.13. The highest BCUT2D eigenvalue weighted by Gasteiger charge is 2.37. The predicted molar refractivity (Wildman–Crippen MR) is 99.2 cm³/mol.